The monoisotopic (exact) mass is 321 g/mol. The Morgan fingerprint density at radius 2 is 1.96 bits per heavy atom. The molecule has 0 heterocycles. The number of anilines is 1. The summed E-state index contributed by atoms with van der Waals surface area (Å²) in [5, 5.41) is 2.95. The number of carbonyl (C=O) groups is 1. The Kier molecular flexibility index (Phi) is 4.99. The molecule has 1 N–H and O–H groups in total. The van der Waals surface area contributed by atoms with Gasteiger partial charge in [0.1, 0.15) is 5.76 Å². The second-order valence-corrected chi connectivity index (χ2v) is 6.37. The van der Waals surface area contributed by atoms with Crippen molar-refractivity contribution in [2.45, 2.75) is 32.6 Å². The summed E-state index contributed by atoms with van der Waals surface area (Å²) in [5.41, 5.74) is 4.46. The fourth-order valence-electron chi connectivity index (χ4n) is 2.65. The lowest BCUT2D eigenvalue weighted by Gasteiger charge is -2.14. The molecular weight excluding hydrogens is 298 g/mol. The van der Waals surface area contributed by atoms with E-state index in [0.29, 0.717) is 0 Å². The second kappa shape index (κ2) is 7.35. The largest absolute Gasteiger partial charge is 0.466 e. The molecule has 2 aliphatic carbocycles. The lowest BCUT2D eigenvalue weighted by Crippen LogP contribution is -2.12. The van der Waals surface area contributed by atoms with Crippen LogP contribution in [0.5, 0.6) is 0 Å². The molecule has 0 spiro atoms. The van der Waals surface area contributed by atoms with Crippen LogP contribution in [0.4, 0.5) is 5.69 Å². The van der Waals surface area contributed by atoms with Crippen molar-refractivity contribution in [1.29, 1.82) is 0 Å². The van der Waals surface area contributed by atoms with Crippen molar-refractivity contribution < 1.29 is 9.53 Å². The molecular formula is C21H23NO2. The zero-order valence-electron chi connectivity index (χ0n) is 14.0. The van der Waals surface area contributed by atoms with Crippen LogP contribution >= 0.6 is 0 Å². The Labute approximate surface area is 143 Å². The van der Waals surface area contributed by atoms with Gasteiger partial charge in [0.25, 0.3) is 0 Å². The zero-order valence-corrected chi connectivity index (χ0v) is 14.0. The average Bonchev–Trinajstić information content (AvgIpc) is 3.42. The van der Waals surface area contributed by atoms with Crippen LogP contribution in [-0.2, 0) is 9.53 Å². The number of carbonyl (C=O) groups excluding carboxylic acids is 1. The van der Waals surface area contributed by atoms with Gasteiger partial charge in [-0.1, -0.05) is 30.9 Å². The third kappa shape index (κ3) is 4.25. The number of amides is 1. The fraction of sp³-hybridized carbons (Fsp3) is 0.286. The van der Waals surface area contributed by atoms with Crippen LogP contribution in [0.2, 0.25) is 0 Å². The molecule has 1 aromatic rings. The van der Waals surface area contributed by atoms with Crippen LogP contribution < -0.4 is 5.32 Å². The Morgan fingerprint density at radius 3 is 2.62 bits per heavy atom. The molecule has 1 amide bonds. The molecule has 0 unspecified atom stereocenters. The number of rotatable bonds is 6. The summed E-state index contributed by atoms with van der Waals surface area (Å²) in [6.07, 6.45) is 11.8. The molecule has 1 saturated carbocycles. The minimum absolute atomic E-state index is 0.141. The summed E-state index contributed by atoms with van der Waals surface area (Å²) < 4.78 is 5.45. The third-order valence-corrected chi connectivity index (χ3v) is 4.35. The number of hydrogen-bond donors (Lipinski definition) is 1. The van der Waals surface area contributed by atoms with E-state index in [-0.39, 0.29) is 11.8 Å². The van der Waals surface area contributed by atoms with Gasteiger partial charge in [-0.3, -0.25) is 4.79 Å². The standard InChI is InChI=1S/C21H23NO2/c1-3-24-20-14-17(5-4-15(20)2)7-6-16-8-12-19(13-9-16)22-21(23)18-10-11-18/h3,6-9,12-14,18H,1,4-5,10-11H2,2H3,(H,22,23)/b7-6+. The number of allylic oxidation sites excluding steroid dienone is 4. The summed E-state index contributed by atoms with van der Waals surface area (Å²) in [5.74, 6) is 1.27. The SMILES string of the molecule is C=COC1=C(C)CCC(/C=C/c2ccc(NC(=O)C3CC3)cc2)=C1. The predicted octanol–water partition coefficient (Wildman–Crippen LogP) is 5.20. The normalized spacial score (nSPS) is 17.6. The minimum atomic E-state index is 0.141. The van der Waals surface area contributed by atoms with E-state index in [1.807, 2.05) is 24.3 Å². The molecule has 1 fully saturated rings. The molecule has 1 aromatic carbocycles. The predicted molar refractivity (Wildman–Crippen MR) is 98.1 cm³/mol. The zero-order chi connectivity index (χ0) is 16.9. The van der Waals surface area contributed by atoms with E-state index in [1.54, 1.807) is 0 Å². The van der Waals surface area contributed by atoms with Gasteiger partial charge in [0.05, 0.1) is 6.26 Å². The molecule has 3 rings (SSSR count). The highest BCUT2D eigenvalue weighted by molar-refractivity contribution is 5.94. The van der Waals surface area contributed by atoms with Crippen LogP contribution in [0, 0.1) is 5.92 Å². The Balaban J connectivity index is 1.63. The number of hydrogen-bond acceptors (Lipinski definition) is 2. The highest BCUT2D eigenvalue weighted by Crippen LogP contribution is 2.30. The van der Waals surface area contributed by atoms with Gasteiger partial charge in [-0.05, 0) is 67.5 Å². The smallest absolute Gasteiger partial charge is 0.227 e. The van der Waals surface area contributed by atoms with E-state index in [2.05, 4.69) is 37.0 Å². The number of benzene rings is 1. The Bertz CT molecular complexity index is 719. The van der Waals surface area contributed by atoms with Crippen LogP contribution in [-0.4, -0.2) is 5.91 Å². The van der Waals surface area contributed by atoms with E-state index in [1.165, 1.54) is 17.4 Å². The minimum Gasteiger partial charge on any atom is -0.466 e. The fourth-order valence-corrected chi connectivity index (χ4v) is 2.65. The first-order valence-corrected chi connectivity index (χ1v) is 8.42. The maximum Gasteiger partial charge on any atom is 0.227 e. The maximum absolute atomic E-state index is 11.7. The van der Waals surface area contributed by atoms with Crippen LogP contribution in [0.1, 0.15) is 38.2 Å². The molecule has 24 heavy (non-hydrogen) atoms. The summed E-state index contributed by atoms with van der Waals surface area (Å²) in [4.78, 5) is 11.7. The Morgan fingerprint density at radius 1 is 1.21 bits per heavy atom. The highest BCUT2D eigenvalue weighted by Gasteiger charge is 2.29. The molecule has 0 bridgehead atoms. The highest BCUT2D eigenvalue weighted by atomic mass is 16.5. The topological polar surface area (TPSA) is 38.3 Å². The molecule has 0 radical (unpaired) electrons. The maximum atomic E-state index is 11.7. The van der Waals surface area contributed by atoms with Gasteiger partial charge in [-0.15, -0.1) is 0 Å². The summed E-state index contributed by atoms with van der Waals surface area (Å²) in [6, 6.07) is 7.94. The van der Waals surface area contributed by atoms with Crippen molar-refractivity contribution in [3.8, 4) is 0 Å². The van der Waals surface area contributed by atoms with Crippen molar-refractivity contribution >= 4 is 17.7 Å². The number of nitrogens with one attached hydrogen (secondary N) is 1. The average molecular weight is 321 g/mol. The van der Waals surface area contributed by atoms with Gasteiger partial charge in [0.15, 0.2) is 0 Å². The summed E-state index contributed by atoms with van der Waals surface area (Å²) in [7, 11) is 0. The van der Waals surface area contributed by atoms with Gasteiger partial charge in [0, 0.05) is 11.6 Å². The molecule has 0 aromatic heterocycles. The van der Waals surface area contributed by atoms with Crippen molar-refractivity contribution in [2.24, 2.45) is 5.92 Å². The van der Waals surface area contributed by atoms with Gasteiger partial charge < -0.3 is 10.1 Å². The lowest BCUT2D eigenvalue weighted by molar-refractivity contribution is -0.117. The summed E-state index contributed by atoms with van der Waals surface area (Å²) >= 11 is 0. The second-order valence-electron chi connectivity index (χ2n) is 6.37. The van der Waals surface area contributed by atoms with E-state index >= 15 is 0 Å². The van der Waals surface area contributed by atoms with Gasteiger partial charge in [0.2, 0.25) is 5.91 Å². The van der Waals surface area contributed by atoms with E-state index in [9.17, 15) is 4.79 Å². The first kappa shape index (κ1) is 16.3. The molecule has 3 nitrogen and oxygen atoms in total. The lowest BCUT2D eigenvalue weighted by atomic mass is 9.97. The Hall–Kier alpha value is -2.55. The van der Waals surface area contributed by atoms with Crippen LogP contribution in [0.15, 0.2) is 66.2 Å². The van der Waals surface area contributed by atoms with Gasteiger partial charge in [-0.2, -0.15) is 0 Å². The van der Waals surface area contributed by atoms with Crippen LogP contribution in [0.25, 0.3) is 6.08 Å². The van der Waals surface area contributed by atoms with E-state index < -0.39 is 0 Å². The van der Waals surface area contributed by atoms with Gasteiger partial charge >= 0.3 is 0 Å². The van der Waals surface area contributed by atoms with Crippen molar-refractivity contribution in [1.82, 2.24) is 0 Å². The van der Waals surface area contributed by atoms with Crippen molar-refractivity contribution in [3.63, 3.8) is 0 Å². The first-order chi connectivity index (χ1) is 11.7. The van der Waals surface area contributed by atoms with E-state index in [0.717, 1.165) is 42.7 Å². The first-order valence-electron chi connectivity index (χ1n) is 8.42. The molecule has 3 heteroatoms. The van der Waals surface area contributed by atoms with E-state index in [4.69, 9.17) is 4.74 Å². The van der Waals surface area contributed by atoms with Crippen LogP contribution in [0.3, 0.4) is 0 Å². The summed E-state index contributed by atoms with van der Waals surface area (Å²) in [6.45, 7) is 5.71. The van der Waals surface area contributed by atoms with Crippen molar-refractivity contribution in [2.75, 3.05) is 5.32 Å². The third-order valence-electron chi connectivity index (χ3n) is 4.35. The molecule has 0 saturated heterocycles. The van der Waals surface area contributed by atoms with Gasteiger partial charge in [-0.25, -0.2) is 0 Å². The molecule has 2 aliphatic rings. The number of ether oxygens (including phenoxy) is 1. The molecule has 0 atom stereocenters. The quantitative estimate of drug-likeness (QED) is 0.731. The molecule has 124 valence electrons. The molecule has 0 aliphatic heterocycles. The van der Waals surface area contributed by atoms with Crippen molar-refractivity contribution in [3.05, 3.63) is 71.7 Å².